The third kappa shape index (κ3) is 2.62. The van der Waals surface area contributed by atoms with Crippen molar-refractivity contribution in [3.8, 4) is 12.1 Å². The molecular weight excluding hydrogens is 338 g/mol. The number of hydrogen-bond acceptors (Lipinski definition) is 5. The van der Waals surface area contributed by atoms with Crippen LogP contribution in [0.3, 0.4) is 0 Å². The molecule has 0 spiro atoms. The van der Waals surface area contributed by atoms with Gasteiger partial charge in [-0.05, 0) is 29.8 Å². The number of alkyl halides is 1. The molecule has 1 aromatic carbocycles. The summed E-state index contributed by atoms with van der Waals surface area (Å²) >= 11 is 0. The fraction of sp³-hybridized carbons (Fsp3) is 0.222. The molecule has 1 aliphatic rings. The molecule has 1 saturated heterocycles. The Morgan fingerprint density at radius 3 is 2.81 bits per heavy atom. The maximum Gasteiger partial charge on any atom is 0.175 e. The van der Waals surface area contributed by atoms with Crippen molar-refractivity contribution in [2.45, 2.75) is 18.6 Å². The Balaban J connectivity index is 1.79. The molecule has 3 aromatic rings. The molecule has 1 fully saturated rings. The van der Waals surface area contributed by atoms with E-state index in [1.165, 1.54) is 16.8 Å². The maximum atomic E-state index is 14.2. The summed E-state index contributed by atoms with van der Waals surface area (Å²) in [6.45, 7) is 0.0995. The van der Waals surface area contributed by atoms with Crippen LogP contribution in [0.4, 0.5) is 14.6 Å². The zero-order valence-corrected chi connectivity index (χ0v) is 13.5. The molecule has 0 aliphatic carbocycles. The van der Waals surface area contributed by atoms with Crippen molar-refractivity contribution in [2.75, 3.05) is 11.4 Å². The van der Waals surface area contributed by atoms with Crippen LogP contribution >= 0.6 is 0 Å². The zero-order valence-electron chi connectivity index (χ0n) is 13.5. The lowest BCUT2D eigenvalue weighted by molar-refractivity contribution is 0.356. The Kier molecular flexibility index (Phi) is 3.74. The standard InChI is InChI=1S/C18H12F2N6/c19-14-4-11(7-21)3-12(5-14)16-6-15(20)10-25(16)17-1-2-26-18(24-17)13(8-22)9-23-26/h1-5,9,15-16H,6,10H2/t15-,16+/m0/s1. The van der Waals surface area contributed by atoms with E-state index in [9.17, 15) is 8.78 Å². The summed E-state index contributed by atoms with van der Waals surface area (Å²) in [4.78, 5) is 6.17. The average molecular weight is 350 g/mol. The van der Waals surface area contributed by atoms with E-state index in [-0.39, 0.29) is 18.5 Å². The summed E-state index contributed by atoms with van der Waals surface area (Å²) in [6.07, 6.45) is 2.13. The van der Waals surface area contributed by atoms with E-state index in [0.717, 1.165) is 6.07 Å². The van der Waals surface area contributed by atoms with Crippen LogP contribution in [0.2, 0.25) is 0 Å². The quantitative estimate of drug-likeness (QED) is 0.710. The van der Waals surface area contributed by atoms with Crippen LogP contribution in [0.5, 0.6) is 0 Å². The summed E-state index contributed by atoms with van der Waals surface area (Å²) < 4.78 is 29.5. The van der Waals surface area contributed by atoms with E-state index < -0.39 is 18.0 Å². The first-order valence-electron chi connectivity index (χ1n) is 7.95. The number of nitriles is 2. The molecule has 3 heterocycles. The number of hydrogen-bond donors (Lipinski definition) is 0. The molecule has 0 radical (unpaired) electrons. The molecule has 8 heteroatoms. The van der Waals surface area contributed by atoms with Crippen LogP contribution in [-0.2, 0) is 0 Å². The van der Waals surface area contributed by atoms with Gasteiger partial charge in [-0.15, -0.1) is 0 Å². The third-order valence-corrected chi connectivity index (χ3v) is 4.45. The first-order valence-corrected chi connectivity index (χ1v) is 7.95. The van der Waals surface area contributed by atoms with Gasteiger partial charge in [0.05, 0.1) is 30.4 Å². The van der Waals surface area contributed by atoms with Gasteiger partial charge in [0.15, 0.2) is 5.65 Å². The molecule has 0 unspecified atom stereocenters. The van der Waals surface area contributed by atoms with Crippen LogP contribution in [-0.4, -0.2) is 27.3 Å². The summed E-state index contributed by atoms with van der Waals surface area (Å²) in [5.41, 5.74) is 1.41. The predicted octanol–water partition coefficient (Wildman–Crippen LogP) is 2.90. The lowest BCUT2D eigenvalue weighted by Gasteiger charge is -2.26. The minimum Gasteiger partial charge on any atom is -0.346 e. The second kappa shape index (κ2) is 6.08. The van der Waals surface area contributed by atoms with E-state index in [2.05, 4.69) is 10.1 Å². The third-order valence-electron chi connectivity index (χ3n) is 4.45. The monoisotopic (exact) mass is 350 g/mol. The van der Waals surface area contributed by atoms with Crippen LogP contribution in [0, 0.1) is 28.5 Å². The molecule has 2 atom stereocenters. The van der Waals surface area contributed by atoms with Gasteiger partial charge in [0.2, 0.25) is 0 Å². The highest BCUT2D eigenvalue weighted by atomic mass is 19.1. The van der Waals surface area contributed by atoms with Crippen molar-refractivity contribution in [1.82, 2.24) is 14.6 Å². The Morgan fingerprint density at radius 2 is 2.04 bits per heavy atom. The Labute approximate surface area is 147 Å². The number of fused-ring (bicyclic) bond motifs is 1. The summed E-state index contributed by atoms with van der Waals surface area (Å²) in [5.74, 6) is -0.0605. The number of anilines is 1. The van der Waals surface area contributed by atoms with Crippen molar-refractivity contribution in [3.63, 3.8) is 0 Å². The summed E-state index contributed by atoms with van der Waals surface area (Å²) in [5, 5.41) is 22.2. The minimum atomic E-state index is -1.10. The number of benzene rings is 1. The van der Waals surface area contributed by atoms with Crippen molar-refractivity contribution < 1.29 is 8.78 Å². The van der Waals surface area contributed by atoms with Gasteiger partial charge in [0.1, 0.15) is 29.4 Å². The zero-order chi connectivity index (χ0) is 18.3. The van der Waals surface area contributed by atoms with Crippen LogP contribution in [0.25, 0.3) is 5.65 Å². The number of nitrogens with zero attached hydrogens (tertiary/aromatic N) is 6. The second-order valence-electron chi connectivity index (χ2n) is 6.11. The molecule has 0 saturated carbocycles. The maximum absolute atomic E-state index is 14.2. The molecule has 1 aliphatic heterocycles. The van der Waals surface area contributed by atoms with E-state index in [0.29, 0.717) is 22.6 Å². The SMILES string of the molecule is N#Cc1cc(F)cc([C@H]2C[C@H](F)CN2c2ccn3ncc(C#N)c3n2)c1. The Hall–Kier alpha value is -3.52. The molecular formula is C18H12F2N6. The fourth-order valence-corrected chi connectivity index (χ4v) is 3.32. The largest absolute Gasteiger partial charge is 0.346 e. The summed E-state index contributed by atoms with van der Waals surface area (Å²) in [6, 6.07) is 9.19. The van der Waals surface area contributed by atoms with Gasteiger partial charge >= 0.3 is 0 Å². The first-order chi connectivity index (χ1) is 12.6. The molecule has 0 N–H and O–H groups in total. The van der Waals surface area contributed by atoms with Crippen molar-refractivity contribution in [3.05, 3.63) is 59.2 Å². The topological polar surface area (TPSA) is 81.0 Å². The number of halogens is 2. The number of aromatic nitrogens is 3. The highest BCUT2D eigenvalue weighted by Crippen LogP contribution is 2.37. The second-order valence-corrected chi connectivity index (χ2v) is 6.11. The van der Waals surface area contributed by atoms with Crippen LogP contribution in [0.15, 0.2) is 36.7 Å². The Morgan fingerprint density at radius 1 is 1.19 bits per heavy atom. The van der Waals surface area contributed by atoms with Crippen molar-refractivity contribution >= 4 is 11.5 Å². The van der Waals surface area contributed by atoms with E-state index in [1.54, 1.807) is 23.2 Å². The van der Waals surface area contributed by atoms with Gasteiger partial charge in [-0.1, -0.05) is 0 Å². The highest BCUT2D eigenvalue weighted by Gasteiger charge is 2.34. The molecule has 2 aromatic heterocycles. The van der Waals surface area contributed by atoms with Gasteiger partial charge < -0.3 is 4.90 Å². The molecule has 4 rings (SSSR count). The van der Waals surface area contributed by atoms with Gasteiger partial charge in [0.25, 0.3) is 0 Å². The average Bonchev–Trinajstić information content (AvgIpc) is 3.23. The van der Waals surface area contributed by atoms with E-state index in [1.807, 2.05) is 12.1 Å². The fourth-order valence-electron chi connectivity index (χ4n) is 3.32. The lowest BCUT2D eigenvalue weighted by atomic mass is 10.0. The highest BCUT2D eigenvalue weighted by molar-refractivity contribution is 5.58. The number of rotatable bonds is 2. The van der Waals surface area contributed by atoms with Crippen LogP contribution < -0.4 is 4.90 Å². The predicted molar refractivity (Wildman–Crippen MR) is 88.4 cm³/mol. The summed E-state index contributed by atoms with van der Waals surface area (Å²) in [7, 11) is 0. The van der Waals surface area contributed by atoms with E-state index >= 15 is 0 Å². The van der Waals surface area contributed by atoms with Gasteiger partial charge in [0, 0.05) is 12.6 Å². The lowest BCUT2D eigenvalue weighted by Crippen LogP contribution is -2.25. The smallest absolute Gasteiger partial charge is 0.175 e. The molecule has 0 amide bonds. The first kappa shape index (κ1) is 16.0. The normalized spacial score (nSPS) is 19.5. The van der Waals surface area contributed by atoms with Gasteiger partial charge in [-0.25, -0.2) is 18.3 Å². The van der Waals surface area contributed by atoms with Gasteiger partial charge in [-0.2, -0.15) is 15.6 Å². The molecule has 6 nitrogen and oxygen atoms in total. The van der Waals surface area contributed by atoms with Crippen LogP contribution in [0.1, 0.15) is 29.2 Å². The van der Waals surface area contributed by atoms with Crippen molar-refractivity contribution in [2.24, 2.45) is 0 Å². The van der Waals surface area contributed by atoms with Crippen molar-refractivity contribution in [1.29, 1.82) is 10.5 Å². The van der Waals surface area contributed by atoms with Gasteiger partial charge in [-0.3, -0.25) is 0 Å². The molecule has 128 valence electrons. The Bertz CT molecular complexity index is 1080. The molecule has 26 heavy (non-hydrogen) atoms. The molecule has 0 bridgehead atoms. The van der Waals surface area contributed by atoms with E-state index in [4.69, 9.17) is 10.5 Å². The minimum absolute atomic E-state index is 0.0995.